The van der Waals surface area contributed by atoms with Crippen LogP contribution in [0.4, 0.5) is 0 Å². The number of nitrogens with zero attached hydrogens (tertiary/aromatic N) is 2. The fraction of sp³-hybridized carbons (Fsp3) is 0.350. The summed E-state index contributed by atoms with van der Waals surface area (Å²) in [4.78, 5) is 28.9. The van der Waals surface area contributed by atoms with Crippen LogP contribution in [0.1, 0.15) is 35.4 Å². The maximum Gasteiger partial charge on any atom is 0.323 e. The molecule has 2 aromatic rings. The number of carbonyl (C=O) groups excluding carboxylic acids is 1. The zero-order valence-electron chi connectivity index (χ0n) is 18.4. The van der Waals surface area contributed by atoms with Crippen LogP contribution in [0.25, 0.3) is 0 Å². The SMILES string of the molecule is Cc1noc(C)c1S(=O)(=O)N[C@@H](CNC(=O)CC1CC(c2ccc(C(=N)N)cc2)=NO1)C(=O)O. The van der Waals surface area contributed by atoms with Gasteiger partial charge in [-0.15, -0.1) is 0 Å². The zero-order valence-corrected chi connectivity index (χ0v) is 19.2. The number of sulfonamides is 1. The van der Waals surface area contributed by atoms with Crippen LogP contribution in [-0.4, -0.2) is 60.8 Å². The van der Waals surface area contributed by atoms with Gasteiger partial charge in [0.25, 0.3) is 0 Å². The minimum atomic E-state index is -4.24. The number of nitrogen functional groups attached to an aromatic ring is 1. The number of aliphatic carboxylic acids is 1. The molecule has 0 radical (unpaired) electrons. The van der Waals surface area contributed by atoms with E-state index >= 15 is 0 Å². The second kappa shape index (κ2) is 10.0. The molecule has 1 unspecified atom stereocenters. The first-order chi connectivity index (χ1) is 16.0. The highest BCUT2D eigenvalue weighted by Gasteiger charge is 2.31. The van der Waals surface area contributed by atoms with Crippen molar-refractivity contribution in [2.75, 3.05) is 6.54 Å². The van der Waals surface area contributed by atoms with Crippen molar-refractivity contribution in [2.24, 2.45) is 10.9 Å². The molecule has 182 valence electrons. The van der Waals surface area contributed by atoms with E-state index in [0.717, 1.165) is 5.56 Å². The van der Waals surface area contributed by atoms with Gasteiger partial charge >= 0.3 is 5.97 Å². The van der Waals surface area contributed by atoms with Crippen molar-refractivity contribution >= 4 is 33.4 Å². The topological polar surface area (TPSA) is 210 Å². The first-order valence-electron chi connectivity index (χ1n) is 10.1. The van der Waals surface area contributed by atoms with Crippen LogP contribution in [0, 0.1) is 19.3 Å². The molecule has 0 saturated heterocycles. The van der Waals surface area contributed by atoms with E-state index in [2.05, 4.69) is 15.6 Å². The van der Waals surface area contributed by atoms with E-state index in [0.29, 0.717) is 17.7 Å². The van der Waals surface area contributed by atoms with Gasteiger partial charge < -0.3 is 25.5 Å². The molecule has 13 nitrogen and oxygen atoms in total. The number of carbonyl (C=O) groups is 2. The Morgan fingerprint density at radius 1 is 1.29 bits per heavy atom. The lowest BCUT2D eigenvalue weighted by molar-refractivity contribution is -0.139. The van der Waals surface area contributed by atoms with Gasteiger partial charge in [0, 0.05) is 18.5 Å². The number of nitrogens with two attached hydrogens (primary N) is 1. The van der Waals surface area contributed by atoms with E-state index in [-0.39, 0.29) is 28.6 Å². The normalized spacial score (nSPS) is 16.4. The smallest absolute Gasteiger partial charge is 0.323 e. The summed E-state index contributed by atoms with van der Waals surface area (Å²) in [5.41, 5.74) is 7.46. The summed E-state index contributed by atoms with van der Waals surface area (Å²) in [6.07, 6.45) is -0.334. The first-order valence-corrected chi connectivity index (χ1v) is 11.6. The molecule has 3 rings (SSSR count). The van der Waals surface area contributed by atoms with Gasteiger partial charge in [0.2, 0.25) is 15.9 Å². The number of hydrogen-bond acceptors (Lipinski definition) is 9. The van der Waals surface area contributed by atoms with Crippen LogP contribution in [0.3, 0.4) is 0 Å². The molecule has 1 aromatic heterocycles. The Bertz CT molecular complexity index is 1220. The molecule has 1 aliphatic rings. The largest absolute Gasteiger partial charge is 0.480 e. The molecule has 0 aliphatic carbocycles. The molecule has 2 heterocycles. The summed E-state index contributed by atoms with van der Waals surface area (Å²) in [5.74, 6) is -2.04. The number of nitrogens with one attached hydrogen (secondary N) is 3. The van der Waals surface area contributed by atoms with Gasteiger partial charge in [-0.25, -0.2) is 8.42 Å². The maximum absolute atomic E-state index is 12.6. The van der Waals surface area contributed by atoms with Crippen molar-refractivity contribution < 1.29 is 32.5 Å². The van der Waals surface area contributed by atoms with Crippen LogP contribution in [0.15, 0.2) is 38.8 Å². The van der Waals surface area contributed by atoms with E-state index in [9.17, 15) is 23.1 Å². The second-order valence-electron chi connectivity index (χ2n) is 7.63. The van der Waals surface area contributed by atoms with Gasteiger partial charge in [-0.05, 0) is 19.4 Å². The van der Waals surface area contributed by atoms with E-state index in [4.69, 9.17) is 20.5 Å². The lowest BCUT2D eigenvalue weighted by Gasteiger charge is -2.16. The summed E-state index contributed by atoms with van der Waals surface area (Å²) in [5, 5.41) is 26.8. The van der Waals surface area contributed by atoms with Crippen LogP contribution in [0.2, 0.25) is 0 Å². The molecule has 2 atom stereocenters. The Hall–Kier alpha value is -3.78. The maximum atomic E-state index is 12.6. The van der Waals surface area contributed by atoms with Crippen molar-refractivity contribution in [3.05, 3.63) is 46.8 Å². The lowest BCUT2D eigenvalue weighted by Crippen LogP contribution is -2.48. The van der Waals surface area contributed by atoms with Crippen LogP contribution in [0.5, 0.6) is 0 Å². The molecule has 0 saturated carbocycles. The average molecular weight is 493 g/mol. The van der Waals surface area contributed by atoms with Gasteiger partial charge in [0.1, 0.15) is 28.6 Å². The summed E-state index contributed by atoms with van der Waals surface area (Å²) in [6.45, 7) is 2.32. The zero-order chi connectivity index (χ0) is 25.0. The Morgan fingerprint density at radius 3 is 2.53 bits per heavy atom. The van der Waals surface area contributed by atoms with Crippen molar-refractivity contribution in [1.82, 2.24) is 15.2 Å². The molecular formula is C20H24N6O7S. The number of benzene rings is 1. The molecule has 0 fully saturated rings. The Labute approximate surface area is 194 Å². The highest BCUT2D eigenvalue weighted by atomic mass is 32.2. The summed E-state index contributed by atoms with van der Waals surface area (Å²) in [6, 6.07) is 5.22. The van der Waals surface area contributed by atoms with E-state index in [1.165, 1.54) is 13.8 Å². The van der Waals surface area contributed by atoms with Crippen molar-refractivity contribution in [3.8, 4) is 0 Å². The Balaban J connectivity index is 1.53. The third-order valence-electron chi connectivity index (χ3n) is 5.01. The van der Waals surface area contributed by atoms with E-state index in [1.54, 1.807) is 24.3 Å². The third kappa shape index (κ3) is 5.77. The van der Waals surface area contributed by atoms with Gasteiger partial charge in [-0.3, -0.25) is 15.0 Å². The van der Waals surface area contributed by atoms with Crippen LogP contribution >= 0.6 is 0 Å². The molecule has 0 spiro atoms. The number of aryl methyl sites for hydroxylation is 2. The third-order valence-corrected chi connectivity index (χ3v) is 6.73. The van der Waals surface area contributed by atoms with Crippen molar-refractivity contribution in [2.45, 2.75) is 43.7 Å². The molecule has 1 amide bonds. The van der Waals surface area contributed by atoms with Gasteiger partial charge in [0.05, 0.1) is 12.1 Å². The minimum absolute atomic E-state index is 0.0169. The van der Waals surface area contributed by atoms with Crippen LogP contribution in [-0.2, 0) is 24.4 Å². The average Bonchev–Trinajstić information content (AvgIpc) is 3.37. The Kier molecular flexibility index (Phi) is 7.32. The predicted octanol–water partition coefficient (Wildman–Crippen LogP) is 0.00651. The van der Waals surface area contributed by atoms with Crippen molar-refractivity contribution in [1.29, 1.82) is 5.41 Å². The number of oxime groups is 1. The highest BCUT2D eigenvalue weighted by molar-refractivity contribution is 7.89. The monoisotopic (exact) mass is 492 g/mol. The highest BCUT2D eigenvalue weighted by Crippen LogP contribution is 2.20. The second-order valence-corrected chi connectivity index (χ2v) is 9.28. The fourth-order valence-corrected chi connectivity index (χ4v) is 4.85. The molecule has 14 heteroatoms. The molecule has 6 N–H and O–H groups in total. The summed E-state index contributed by atoms with van der Waals surface area (Å²) in [7, 11) is -4.24. The number of amides is 1. The number of hydrogen-bond donors (Lipinski definition) is 5. The fourth-order valence-electron chi connectivity index (χ4n) is 3.33. The minimum Gasteiger partial charge on any atom is -0.480 e. The Morgan fingerprint density at radius 2 is 1.97 bits per heavy atom. The van der Waals surface area contributed by atoms with Gasteiger partial charge in [0.15, 0.2) is 5.76 Å². The molecular weight excluding hydrogens is 468 g/mol. The molecule has 0 bridgehead atoms. The lowest BCUT2D eigenvalue weighted by atomic mass is 10.0. The first kappa shape index (κ1) is 24.9. The van der Waals surface area contributed by atoms with E-state index in [1.807, 2.05) is 4.72 Å². The summed E-state index contributed by atoms with van der Waals surface area (Å²) < 4.78 is 32.0. The number of amidine groups is 1. The standard InChI is InChI=1S/C20H24N6O7S/c1-10-18(11(2)32-24-10)34(30,31)26-16(20(28)29)9-23-17(27)8-14-7-15(25-33-14)12-3-5-13(6-4-12)19(21)22/h3-6,14,16,26H,7-9H2,1-2H3,(H3,21,22)(H,23,27)(H,28,29)/t14?,16-/m0/s1. The van der Waals surface area contributed by atoms with Gasteiger partial charge in [-0.1, -0.05) is 34.6 Å². The number of carboxylic acids is 1. The molecule has 1 aromatic carbocycles. The quantitative estimate of drug-likeness (QED) is 0.223. The van der Waals surface area contributed by atoms with Crippen molar-refractivity contribution in [3.63, 3.8) is 0 Å². The summed E-state index contributed by atoms with van der Waals surface area (Å²) >= 11 is 0. The van der Waals surface area contributed by atoms with E-state index < -0.39 is 40.6 Å². The molecule has 34 heavy (non-hydrogen) atoms. The number of carboxylic acid groups (broad SMARTS) is 1. The van der Waals surface area contributed by atoms with Crippen LogP contribution < -0.4 is 15.8 Å². The number of rotatable bonds is 10. The van der Waals surface area contributed by atoms with Gasteiger partial charge in [-0.2, -0.15) is 4.72 Å². The molecule has 1 aliphatic heterocycles. The number of aromatic nitrogens is 1. The predicted molar refractivity (Wildman–Crippen MR) is 119 cm³/mol.